The van der Waals surface area contributed by atoms with Crippen LogP contribution in [0.25, 0.3) is 0 Å². The van der Waals surface area contributed by atoms with E-state index in [9.17, 15) is 41.9 Å². The fourth-order valence-electron chi connectivity index (χ4n) is 14.6. The summed E-state index contributed by atoms with van der Waals surface area (Å²) < 4.78 is 41.5. The van der Waals surface area contributed by atoms with Gasteiger partial charge in [-0.25, -0.2) is 0 Å². The zero-order chi connectivity index (χ0) is 70.6. The minimum Gasteiger partial charge on any atom is -0.351 e. The van der Waals surface area contributed by atoms with Gasteiger partial charge in [-0.3, -0.25) is 52.7 Å². The average molecular weight is 1360 g/mol. The van der Waals surface area contributed by atoms with Crippen LogP contribution in [0, 0.1) is 23.7 Å². The number of benzene rings is 1. The van der Waals surface area contributed by atoms with Crippen molar-refractivity contribution in [2.45, 2.75) is 256 Å². The van der Waals surface area contributed by atoms with Crippen molar-refractivity contribution in [1.29, 1.82) is 0 Å². The van der Waals surface area contributed by atoms with Gasteiger partial charge in [0.1, 0.15) is 53.9 Å². The smallest absolute Gasteiger partial charge is 0.351 e. The van der Waals surface area contributed by atoms with Crippen LogP contribution in [0.4, 0.5) is 13.2 Å². The first-order valence-electron chi connectivity index (χ1n) is 34.7. The lowest BCUT2D eigenvalue weighted by molar-refractivity contribution is -0.161. The number of aryl methyl sites for hydroxylation is 1. The summed E-state index contributed by atoms with van der Waals surface area (Å²) in [7, 11) is 7.40. The van der Waals surface area contributed by atoms with Gasteiger partial charge in [0.05, 0.1) is 17.1 Å². The van der Waals surface area contributed by atoms with Crippen LogP contribution < -0.4 is 21.3 Å². The third kappa shape index (κ3) is 19.2. The lowest BCUT2D eigenvalue weighted by Gasteiger charge is -2.46. The SMILES string of the molecule is CCCC[C@H]1C(=O)N2CC[C@H]2C(=O)N(C)[C@@H](CC2CCCCC2)C(=O)N(C)CC(=O)N[C@@H](CCc2ccc(C(F)(F)F)c(Cl)c2)C(=O)N2CCC[C@H]2C(=O)NC2(CCCC2)C(=O)N(C)[C@@H](C(C)C)C(=O)N[C@H](C)CC(=O)N(C)[C@@H](CC(C)C)C(=O)N[C@@H]([C@@H](C)CC)C(=O)N1C. The van der Waals surface area contributed by atoms with Gasteiger partial charge in [-0.05, 0) is 112 Å². The predicted octanol–water partition coefficient (Wildman–Crippen LogP) is 6.87. The lowest BCUT2D eigenvalue weighted by atomic mass is 9.84. The van der Waals surface area contributed by atoms with E-state index in [0.717, 1.165) is 44.2 Å². The van der Waals surface area contributed by atoms with Gasteiger partial charge in [0.25, 0.3) is 0 Å². The highest BCUT2D eigenvalue weighted by Gasteiger charge is 2.51. The lowest BCUT2D eigenvalue weighted by Crippen LogP contribution is -2.65. The first-order chi connectivity index (χ1) is 44.7. The summed E-state index contributed by atoms with van der Waals surface area (Å²) in [5, 5.41) is 11.1. The highest BCUT2D eigenvalue weighted by Crippen LogP contribution is 2.37. The summed E-state index contributed by atoms with van der Waals surface area (Å²) in [4.78, 5) is 172. The summed E-state index contributed by atoms with van der Waals surface area (Å²) in [5.41, 5.74) is -2.24. The molecule has 1 spiro atoms. The summed E-state index contributed by atoms with van der Waals surface area (Å²) in [6, 6.07) is -6.62. The zero-order valence-corrected chi connectivity index (χ0v) is 59.1. The average Bonchev–Trinajstić information content (AvgIpc) is 1.75. The van der Waals surface area contributed by atoms with Crippen LogP contribution in [-0.4, -0.2) is 214 Å². The number of hydrogen-bond donors (Lipinski definition) is 4. The van der Waals surface area contributed by atoms with E-state index in [4.69, 9.17) is 11.6 Å². The van der Waals surface area contributed by atoms with Gasteiger partial charge in [0.15, 0.2) is 0 Å². The minimum atomic E-state index is -4.74. The molecule has 2 saturated carbocycles. The Kier molecular flexibility index (Phi) is 27.8. The number of nitrogens with zero attached hydrogens (tertiary/aromatic N) is 7. The van der Waals surface area contributed by atoms with Crippen molar-refractivity contribution in [2.24, 2.45) is 23.7 Å². The quantitative estimate of drug-likeness (QED) is 0.159. The Labute approximate surface area is 564 Å². The molecule has 3 heterocycles. The van der Waals surface area contributed by atoms with Crippen LogP contribution in [0.5, 0.6) is 0 Å². The van der Waals surface area contributed by atoms with Crippen molar-refractivity contribution in [3.05, 3.63) is 34.3 Å². The molecular weight excluding hydrogens is 1250 g/mol. The number of rotatable bonds is 13. The van der Waals surface area contributed by atoms with E-state index in [1.54, 1.807) is 20.8 Å². The van der Waals surface area contributed by atoms with Gasteiger partial charge in [-0.15, -0.1) is 0 Å². The monoisotopic (exact) mass is 1360 g/mol. The van der Waals surface area contributed by atoms with E-state index in [2.05, 4.69) is 21.3 Å². The van der Waals surface area contributed by atoms with E-state index in [0.29, 0.717) is 44.1 Å². The molecule has 0 bridgehead atoms. The summed E-state index contributed by atoms with van der Waals surface area (Å²) >= 11 is 6.14. The molecule has 2 aliphatic carbocycles. The van der Waals surface area contributed by atoms with Gasteiger partial charge < -0.3 is 55.6 Å². The van der Waals surface area contributed by atoms with E-state index in [-0.39, 0.29) is 89.1 Å². The second-order valence-corrected chi connectivity index (χ2v) is 28.9. The summed E-state index contributed by atoms with van der Waals surface area (Å²) in [6.45, 7) is 14.2. The zero-order valence-electron chi connectivity index (χ0n) is 58.3. The summed E-state index contributed by atoms with van der Waals surface area (Å²) in [5.74, 6) is -7.41. The second-order valence-electron chi connectivity index (χ2n) is 28.5. The Morgan fingerprint density at radius 2 is 1.28 bits per heavy atom. The van der Waals surface area contributed by atoms with Crippen molar-refractivity contribution in [2.75, 3.05) is 54.9 Å². The Balaban J connectivity index is 1.40. The molecule has 3 aliphatic heterocycles. The second kappa shape index (κ2) is 34.1. The number of hydrogen-bond acceptors (Lipinski definition) is 11. The molecule has 5 fully saturated rings. The van der Waals surface area contributed by atoms with Crippen LogP contribution in [0.15, 0.2) is 18.2 Å². The van der Waals surface area contributed by atoms with E-state index >= 15 is 24.0 Å². The maximum Gasteiger partial charge on any atom is 0.417 e. The molecule has 11 amide bonds. The van der Waals surface area contributed by atoms with Crippen LogP contribution in [0.3, 0.4) is 0 Å². The number of likely N-dealkylation sites (N-methyl/N-ethyl adjacent to an activating group) is 5. The number of fused-ring (bicyclic) bond motifs is 2. The molecule has 532 valence electrons. The van der Waals surface area contributed by atoms with Gasteiger partial charge in [0, 0.05) is 60.8 Å². The normalized spacial score (nSPS) is 27.6. The molecule has 1 aromatic rings. The molecule has 95 heavy (non-hydrogen) atoms. The molecular formula is C69H107ClF3N11O11. The first-order valence-corrected chi connectivity index (χ1v) is 35.1. The molecule has 22 nitrogen and oxygen atoms in total. The number of amides is 11. The largest absolute Gasteiger partial charge is 0.417 e. The van der Waals surface area contributed by atoms with E-state index in [1.807, 2.05) is 34.6 Å². The van der Waals surface area contributed by atoms with Crippen molar-refractivity contribution < 1.29 is 65.9 Å². The molecule has 0 unspecified atom stereocenters. The van der Waals surface area contributed by atoms with E-state index in [1.165, 1.54) is 75.6 Å². The third-order valence-corrected chi connectivity index (χ3v) is 20.9. The van der Waals surface area contributed by atoms with Crippen LogP contribution in [0.2, 0.25) is 5.02 Å². The Bertz CT molecular complexity index is 2920. The van der Waals surface area contributed by atoms with Crippen molar-refractivity contribution >= 4 is 76.6 Å². The van der Waals surface area contributed by atoms with Gasteiger partial charge in [-0.2, -0.15) is 13.2 Å². The molecule has 3 saturated heterocycles. The highest BCUT2D eigenvalue weighted by molar-refractivity contribution is 6.31. The van der Waals surface area contributed by atoms with Crippen LogP contribution in [-0.2, 0) is 65.3 Å². The maximum absolute atomic E-state index is 15.1. The minimum absolute atomic E-state index is 0.0368. The van der Waals surface area contributed by atoms with Crippen molar-refractivity contribution in [3.8, 4) is 0 Å². The first kappa shape index (κ1) is 77.5. The number of carbonyl (C=O) groups is 11. The van der Waals surface area contributed by atoms with Gasteiger partial charge in [0.2, 0.25) is 65.0 Å². The predicted molar refractivity (Wildman–Crippen MR) is 353 cm³/mol. The highest BCUT2D eigenvalue weighted by atomic mass is 35.5. The maximum atomic E-state index is 15.1. The number of carbonyl (C=O) groups excluding carboxylic acids is 11. The number of alkyl halides is 3. The molecule has 5 aliphatic rings. The van der Waals surface area contributed by atoms with Gasteiger partial charge >= 0.3 is 6.18 Å². The fourth-order valence-corrected chi connectivity index (χ4v) is 14.9. The molecule has 10 atom stereocenters. The molecule has 4 N–H and O–H groups in total. The Morgan fingerprint density at radius 1 is 0.642 bits per heavy atom. The number of nitrogens with one attached hydrogen (secondary N) is 4. The molecule has 26 heteroatoms. The molecule has 0 radical (unpaired) electrons. The van der Waals surface area contributed by atoms with Gasteiger partial charge in [-0.1, -0.05) is 130 Å². The summed E-state index contributed by atoms with van der Waals surface area (Å²) in [6.07, 6.45) is 3.84. The standard InChI is InChI=1S/C69H107ClF3N11O11/c1-14-16-25-51-65(93)84-35-31-52(84)64(92)81(12)54(39-45-23-18-17-19-24-45)63(91)78(9)40-55(85)75-49(30-28-46-27-29-47(48(70)38-46)69(71,72)73)62(90)83-34-22-26-50(83)60(88)77-68(32-20-21-33-68)67(95)82(13)58(42(5)6)61(89)74-44(8)37-56(86)79(10)53(36-41(3)4)59(87)76-57(43(7)15-2)66(94)80(51)11/h27,29,38,41-45,49-54,57-58H,14-26,28,30-37,39-40H2,1-13H3,(H,74,89)(H,75,85)(H,76,87)(H,77,88)/t43-,44+,49-,50-,51-,52-,53-,54-,57-,58-/m0/s1. The fraction of sp³-hybridized carbons (Fsp3) is 0.754. The molecule has 1 aromatic carbocycles. The van der Waals surface area contributed by atoms with Crippen LogP contribution >= 0.6 is 11.6 Å². The van der Waals surface area contributed by atoms with Crippen molar-refractivity contribution in [3.63, 3.8) is 0 Å². The molecule has 6 rings (SSSR count). The topological polar surface area (TPSA) is 259 Å². The van der Waals surface area contributed by atoms with Crippen LogP contribution in [0.1, 0.15) is 195 Å². The Hall–Kier alpha value is -6.53. The van der Waals surface area contributed by atoms with E-state index < -0.39 is 160 Å². The number of halogens is 4. The Morgan fingerprint density at radius 3 is 1.86 bits per heavy atom. The number of unbranched alkanes of at least 4 members (excludes halogenated alkanes) is 1. The third-order valence-electron chi connectivity index (χ3n) is 20.6. The molecule has 0 aromatic heterocycles. The van der Waals surface area contributed by atoms with Crippen molar-refractivity contribution in [1.82, 2.24) is 55.6 Å².